The van der Waals surface area contributed by atoms with Gasteiger partial charge in [-0.25, -0.2) is 0 Å². The van der Waals surface area contributed by atoms with Gasteiger partial charge in [0.2, 0.25) is 0 Å². The van der Waals surface area contributed by atoms with Crippen LogP contribution in [0.2, 0.25) is 0 Å². The Labute approximate surface area is 185 Å². The normalized spacial score (nSPS) is 13.7. The van der Waals surface area contributed by atoms with Gasteiger partial charge in [-0.1, -0.05) is 66.4 Å². The van der Waals surface area contributed by atoms with Gasteiger partial charge in [0.15, 0.2) is 0 Å². The Morgan fingerprint density at radius 3 is 2.06 bits per heavy atom. The number of hydrogen-bond donors (Lipinski definition) is 0. The van der Waals surface area contributed by atoms with Crippen molar-refractivity contribution >= 4 is 29.1 Å². The Morgan fingerprint density at radius 2 is 1.35 bits per heavy atom. The summed E-state index contributed by atoms with van der Waals surface area (Å²) in [5, 5.41) is 0. The first-order valence-corrected chi connectivity index (χ1v) is 10.5. The number of imide groups is 1. The number of amides is 2. The molecule has 31 heavy (non-hydrogen) atoms. The van der Waals surface area contributed by atoms with Gasteiger partial charge in [-0.05, 0) is 24.3 Å². The molecule has 0 bridgehead atoms. The van der Waals surface area contributed by atoms with Crippen molar-refractivity contribution in [3.8, 4) is 11.5 Å². The summed E-state index contributed by atoms with van der Waals surface area (Å²) < 4.78 is 10.9. The van der Waals surface area contributed by atoms with Crippen LogP contribution in [-0.2, 0) is 16.1 Å². The molecule has 156 valence electrons. The van der Waals surface area contributed by atoms with E-state index in [0.717, 1.165) is 10.5 Å². The maximum Gasteiger partial charge on any atom is 0.268 e. The monoisotopic (exact) mass is 431 g/mol. The van der Waals surface area contributed by atoms with Crippen LogP contribution in [-0.4, -0.2) is 30.9 Å². The molecule has 0 unspecified atom stereocenters. The lowest BCUT2D eigenvalue weighted by atomic mass is 10.0. The van der Waals surface area contributed by atoms with E-state index in [4.69, 9.17) is 9.47 Å². The number of rotatable bonds is 7. The van der Waals surface area contributed by atoms with Gasteiger partial charge in [0.05, 0.1) is 31.2 Å². The molecule has 0 aliphatic carbocycles. The molecule has 1 heterocycles. The molecule has 0 aromatic heterocycles. The summed E-state index contributed by atoms with van der Waals surface area (Å²) in [6, 6.07) is 24.2. The fraction of sp³-hybridized carbons (Fsp3) is 0.120. The number of carbonyl (C=O) groups is 2. The first kappa shape index (κ1) is 20.8. The van der Waals surface area contributed by atoms with Gasteiger partial charge < -0.3 is 9.47 Å². The molecule has 0 N–H and O–H groups in total. The Balaban J connectivity index is 1.78. The third kappa shape index (κ3) is 4.07. The van der Waals surface area contributed by atoms with Gasteiger partial charge in [0, 0.05) is 16.0 Å². The predicted octanol–water partition coefficient (Wildman–Crippen LogP) is 4.78. The van der Waals surface area contributed by atoms with Crippen LogP contribution in [0.1, 0.15) is 11.1 Å². The number of methoxy groups -OCH3 is 2. The third-order valence-corrected chi connectivity index (χ3v) is 6.08. The van der Waals surface area contributed by atoms with Crippen molar-refractivity contribution in [1.82, 2.24) is 4.90 Å². The molecule has 3 aromatic rings. The van der Waals surface area contributed by atoms with E-state index in [9.17, 15) is 9.59 Å². The lowest BCUT2D eigenvalue weighted by Gasteiger charge is -2.17. The van der Waals surface area contributed by atoms with E-state index in [2.05, 4.69) is 0 Å². The molecule has 0 fully saturated rings. The lowest BCUT2D eigenvalue weighted by molar-refractivity contribution is -0.137. The fourth-order valence-corrected chi connectivity index (χ4v) is 4.52. The Bertz CT molecular complexity index is 1160. The van der Waals surface area contributed by atoms with E-state index in [1.54, 1.807) is 26.4 Å². The molecule has 1 aliphatic rings. The molecule has 0 saturated carbocycles. The largest absolute Gasteiger partial charge is 0.496 e. The number of hydrogen-bond acceptors (Lipinski definition) is 5. The van der Waals surface area contributed by atoms with E-state index in [-0.39, 0.29) is 18.4 Å². The van der Waals surface area contributed by atoms with Crippen molar-refractivity contribution in [2.45, 2.75) is 11.4 Å². The van der Waals surface area contributed by atoms with E-state index < -0.39 is 0 Å². The van der Waals surface area contributed by atoms with Crippen LogP contribution in [0.15, 0.2) is 88.7 Å². The summed E-state index contributed by atoms with van der Waals surface area (Å²) in [7, 11) is 3.12. The molecular weight excluding hydrogens is 410 g/mol. The quantitative estimate of drug-likeness (QED) is 0.504. The Morgan fingerprint density at radius 1 is 0.742 bits per heavy atom. The van der Waals surface area contributed by atoms with Crippen molar-refractivity contribution < 1.29 is 19.1 Å². The van der Waals surface area contributed by atoms with Gasteiger partial charge in [0.25, 0.3) is 11.8 Å². The summed E-state index contributed by atoms with van der Waals surface area (Å²) in [6.45, 7) is 0.124. The fourth-order valence-electron chi connectivity index (χ4n) is 3.49. The zero-order valence-electron chi connectivity index (χ0n) is 17.2. The topological polar surface area (TPSA) is 55.8 Å². The Hall–Kier alpha value is -3.51. The highest BCUT2D eigenvalue weighted by Gasteiger charge is 2.40. The number of para-hydroxylation sites is 2. The maximum atomic E-state index is 13.5. The second kappa shape index (κ2) is 9.10. The number of ether oxygens (including phenoxy) is 2. The summed E-state index contributed by atoms with van der Waals surface area (Å²) >= 11 is 1.29. The van der Waals surface area contributed by atoms with Gasteiger partial charge in [0.1, 0.15) is 11.5 Å². The average Bonchev–Trinajstić information content (AvgIpc) is 3.04. The first-order valence-electron chi connectivity index (χ1n) is 9.72. The van der Waals surface area contributed by atoms with Crippen LogP contribution >= 0.6 is 11.8 Å². The van der Waals surface area contributed by atoms with Gasteiger partial charge in [-0.3, -0.25) is 14.5 Å². The van der Waals surface area contributed by atoms with Crippen LogP contribution in [0, 0.1) is 0 Å². The molecule has 6 heteroatoms. The lowest BCUT2D eigenvalue weighted by Crippen LogP contribution is -2.31. The van der Waals surface area contributed by atoms with Gasteiger partial charge in [-0.15, -0.1) is 0 Å². The van der Waals surface area contributed by atoms with E-state index in [1.807, 2.05) is 66.7 Å². The molecule has 0 saturated heterocycles. The van der Waals surface area contributed by atoms with E-state index >= 15 is 0 Å². The van der Waals surface area contributed by atoms with Crippen LogP contribution in [0.4, 0.5) is 0 Å². The van der Waals surface area contributed by atoms with Crippen molar-refractivity contribution in [2.24, 2.45) is 0 Å². The summed E-state index contributed by atoms with van der Waals surface area (Å²) in [5.74, 6) is 0.500. The highest BCUT2D eigenvalue weighted by Crippen LogP contribution is 2.42. The second-order valence-electron chi connectivity index (χ2n) is 6.83. The van der Waals surface area contributed by atoms with Crippen LogP contribution in [0.3, 0.4) is 0 Å². The average molecular weight is 432 g/mol. The van der Waals surface area contributed by atoms with Crippen molar-refractivity contribution in [3.05, 3.63) is 94.9 Å². The first-order chi connectivity index (χ1) is 15.1. The zero-order valence-corrected chi connectivity index (χ0v) is 18.0. The number of thioether (sulfide) groups is 1. The summed E-state index contributed by atoms with van der Waals surface area (Å²) in [6.07, 6.45) is 0. The third-order valence-electron chi connectivity index (χ3n) is 4.99. The smallest absolute Gasteiger partial charge is 0.268 e. The van der Waals surface area contributed by atoms with Crippen LogP contribution in [0.5, 0.6) is 11.5 Å². The predicted molar refractivity (Wildman–Crippen MR) is 121 cm³/mol. The molecule has 0 atom stereocenters. The zero-order chi connectivity index (χ0) is 21.8. The highest BCUT2D eigenvalue weighted by molar-refractivity contribution is 8.04. The van der Waals surface area contributed by atoms with Crippen molar-refractivity contribution in [3.63, 3.8) is 0 Å². The molecule has 0 spiro atoms. The molecular formula is C25H21NO4S. The minimum absolute atomic E-state index is 0.124. The second-order valence-corrected chi connectivity index (χ2v) is 7.91. The molecule has 1 aliphatic heterocycles. The summed E-state index contributed by atoms with van der Waals surface area (Å²) in [4.78, 5) is 29.5. The summed E-state index contributed by atoms with van der Waals surface area (Å²) in [5.41, 5.74) is 1.72. The SMILES string of the molecule is COc1ccccc1CN1C(=O)C(Sc2ccccc2)=C(c2ccccc2OC)C1=O. The minimum atomic E-state index is -0.348. The number of benzene rings is 3. The number of carbonyl (C=O) groups excluding carboxylic acids is 2. The van der Waals surface area contributed by atoms with Gasteiger partial charge >= 0.3 is 0 Å². The van der Waals surface area contributed by atoms with Crippen molar-refractivity contribution in [2.75, 3.05) is 14.2 Å². The molecule has 5 nitrogen and oxygen atoms in total. The minimum Gasteiger partial charge on any atom is -0.496 e. The van der Waals surface area contributed by atoms with Gasteiger partial charge in [-0.2, -0.15) is 0 Å². The molecule has 3 aromatic carbocycles. The van der Waals surface area contributed by atoms with Crippen molar-refractivity contribution in [1.29, 1.82) is 0 Å². The molecule has 4 rings (SSSR count). The van der Waals surface area contributed by atoms with E-state index in [1.165, 1.54) is 16.7 Å². The highest BCUT2D eigenvalue weighted by atomic mass is 32.2. The standard InChI is InChI=1S/C25H21NO4S/c1-29-20-14-8-6-10-17(20)16-26-24(27)22(19-13-7-9-15-21(19)30-2)23(25(26)28)31-18-11-4-3-5-12-18/h3-15H,16H2,1-2H3. The Kier molecular flexibility index (Phi) is 6.09. The van der Waals surface area contributed by atoms with Crippen LogP contribution < -0.4 is 9.47 Å². The van der Waals surface area contributed by atoms with E-state index in [0.29, 0.717) is 27.5 Å². The number of nitrogens with zero attached hydrogens (tertiary/aromatic N) is 1. The van der Waals surface area contributed by atoms with Crippen LogP contribution in [0.25, 0.3) is 5.57 Å². The molecule has 2 amide bonds. The molecule has 0 radical (unpaired) electrons. The maximum absolute atomic E-state index is 13.5.